The average molecular weight is 253 g/mol. The largest absolute Gasteiger partial charge is 0.396 e. The Balaban J connectivity index is 2.47. The Morgan fingerprint density at radius 2 is 2.06 bits per heavy atom. The maximum atomic E-state index is 8.99. The molecule has 0 aliphatic heterocycles. The van der Waals surface area contributed by atoms with Gasteiger partial charge in [0.15, 0.2) is 0 Å². The monoisotopic (exact) mass is 253 g/mol. The number of benzene rings is 1. The minimum atomic E-state index is 0.265. The van der Waals surface area contributed by atoms with Gasteiger partial charge in [0.1, 0.15) is 0 Å². The standard InChI is InChI=1S/C14H23NOS/c1-11(2)15-8-13-5-4-6-14(7-13)17-10-12(3)9-16/h4-7,11-12,15-16H,8-10H2,1-3H3. The lowest BCUT2D eigenvalue weighted by atomic mass is 10.2. The second-order valence-electron chi connectivity index (χ2n) is 4.78. The summed E-state index contributed by atoms with van der Waals surface area (Å²) >= 11 is 1.81. The third-order valence-electron chi connectivity index (χ3n) is 2.46. The number of rotatable bonds is 7. The minimum absolute atomic E-state index is 0.265. The quantitative estimate of drug-likeness (QED) is 0.733. The number of thioether (sulfide) groups is 1. The Hall–Kier alpha value is -0.510. The molecule has 0 aromatic heterocycles. The van der Waals surface area contributed by atoms with Gasteiger partial charge in [-0.3, -0.25) is 0 Å². The molecule has 0 amide bonds. The van der Waals surface area contributed by atoms with Crippen LogP contribution in [0.3, 0.4) is 0 Å². The van der Waals surface area contributed by atoms with Crippen molar-refractivity contribution in [1.82, 2.24) is 5.32 Å². The van der Waals surface area contributed by atoms with E-state index in [0.717, 1.165) is 12.3 Å². The lowest BCUT2D eigenvalue weighted by Gasteiger charge is -2.10. The summed E-state index contributed by atoms with van der Waals surface area (Å²) in [4.78, 5) is 1.29. The molecule has 1 rings (SSSR count). The summed E-state index contributed by atoms with van der Waals surface area (Å²) in [6.07, 6.45) is 0. The zero-order valence-electron chi connectivity index (χ0n) is 10.9. The second-order valence-corrected chi connectivity index (χ2v) is 5.88. The molecule has 0 aliphatic carbocycles. The lowest BCUT2D eigenvalue weighted by Crippen LogP contribution is -2.21. The van der Waals surface area contributed by atoms with Gasteiger partial charge in [-0.2, -0.15) is 0 Å². The average Bonchev–Trinajstić information content (AvgIpc) is 2.34. The molecule has 0 radical (unpaired) electrons. The topological polar surface area (TPSA) is 32.3 Å². The third kappa shape index (κ3) is 6.10. The van der Waals surface area contributed by atoms with Crippen molar-refractivity contribution in [3.8, 4) is 0 Å². The highest BCUT2D eigenvalue weighted by molar-refractivity contribution is 7.99. The van der Waals surface area contributed by atoms with Crippen molar-refractivity contribution in [3.63, 3.8) is 0 Å². The molecule has 1 aromatic rings. The van der Waals surface area contributed by atoms with E-state index in [4.69, 9.17) is 5.11 Å². The molecule has 0 saturated carbocycles. The van der Waals surface area contributed by atoms with Gasteiger partial charge in [-0.15, -0.1) is 11.8 Å². The molecule has 0 bridgehead atoms. The zero-order valence-corrected chi connectivity index (χ0v) is 11.8. The number of nitrogens with one attached hydrogen (secondary N) is 1. The molecule has 2 N–H and O–H groups in total. The second kappa shape index (κ2) is 7.75. The van der Waals surface area contributed by atoms with Crippen LogP contribution in [0.5, 0.6) is 0 Å². The van der Waals surface area contributed by atoms with Crippen molar-refractivity contribution >= 4 is 11.8 Å². The molecule has 0 saturated heterocycles. The van der Waals surface area contributed by atoms with Crippen LogP contribution in [0.2, 0.25) is 0 Å². The fourth-order valence-electron chi connectivity index (χ4n) is 1.36. The van der Waals surface area contributed by atoms with Crippen LogP contribution in [0, 0.1) is 5.92 Å². The highest BCUT2D eigenvalue weighted by Crippen LogP contribution is 2.21. The summed E-state index contributed by atoms with van der Waals surface area (Å²) in [6.45, 7) is 7.56. The highest BCUT2D eigenvalue weighted by atomic mass is 32.2. The zero-order chi connectivity index (χ0) is 12.7. The van der Waals surface area contributed by atoms with Gasteiger partial charge in [0.05, 0.1) is 0 Å². The third-order valence-corrected chi connectivity index (χ3v) is 3.78. The molecule has 0 fully saturated rings. The van der Waals surface area contributed by atoms with Gasteiger partial charge in [-0.1, -0.05) is 32.9 Å². The van der Waals surface area contributed by atoms with Crippen molar-refractivity contribution < 1.29 is 5.11 Å². The van der Waals surface area contributed by atoms with E-state index in [1.807, 2.05) is 11.8 Å². The van der Waals surface area contributed by atoms with Crippen LogP contribution in [0.25, 0.3) is 0 Å². The number of hydrogen-bond donors (Lipinski definition) is 2. The predicted molar refractivity (Wildman–Crippen MR) is 75.4 cm³/mol. The first kappa shape index (κ1) is 14.6. The summed E-state index contributed by atoms with van der Waals surface area (Å²) in [6, 6.07) is 9.12. The fraction of sp³-hybridized carbons (Fsp3) is 0.571. The summed E-state index contributed by atoms with van der Waals surface area (Å²) in [5, 5.41) is 12.4. The summed E-state index contributed by atoms with van der Waals surface area (Å²) in [5.41, 5.74) is 1.32. The lowest BCUT2D eigenvalue weighted by molar-refractivity contribution is 0.250. The van der Waals surface area contributed by atoms with Crippen LogP contribution in [0.4, 0.5) is 0 Å². The van der Waals surface area contributed by atoms with Gasteiger partial charge >= 0.3 is 0 Å². The predicted octanol–water partition coefficient (Wildman–Crippen LogP) is 2.91. The van der Waals surface area contributed by atoms with Crippen molar-refractivity contribution in [2.75, 3.05) is 12.4 Å². The summed E-state index contributed by atoms with van der Waals surface area (Å²) in [7, 11) is 0. The SMILES string of the molecule is CC(CO)CSc1cccc(CNC(C)C)c1. The van der Waals surface area contributed by atoms with Gasteiger partial charge in [0, 0.05) is 29.8 Å². The van der Waals surface area contributed by atoms with E-state index in [9.17, 15) is 0 Å². The molecule has 2 nitrogen and oxygen atoms in total. The van der Waals surface area contributed by atoms with Crippen LogP contribution in [0.1, 0.15) is 26.3 Å². The first-order valence-electron chi connectivity index (χ1n) is 6.17. The molecule has 3 heteroatoms. The van der Waals surface area contributed by atoms with Crippen LogP contribution in [-0.2, 0) is 6.54 Å². The maximum Gasteiger partial charge on any atom is 0.0464 e. The van der Waals surface area contributed by atoms with Gasteiger partial charge < -0.3 is 10.4 Å². The van der Waals surface area contributed by atoms with Gasteiger partial charge in [-0.05, 0) is 23.6 Å². The first-order chi connectivity index (χ1) is 8.11. The molecule has 0 aliphatic rings. The molecule has 0 spiro atoms. The van der Waals surface area contributed by atoms with Crippen LogP contribution >= 0.6 is 11.8 Å². The van der Waals surface area contributed by atoms with E-state index >= 15 is 0 Å². The Kier molecular flexibility index (Phi) is 6.63. The number of aliphatic hydroxyl groups excluding tert-OH is 1. The summed E-state index contributed by atoms with van der Waals surface area (Å²) in [5.74, 6) is 1.33. The molecular formula is C14H23NOS. The first-order valence-corrected chi connectivity index (χ1v) is 7.16. The fourth-order valence-corrected chi connectivity index (χ4v) is 2.35. The Labute approximate surface area is 109 Å². The Bertz CT molecular complexity index is 328. The smallest absolute Gasteiger partial charge is 0.0464 e. The van der Waals surface area contributed by atoms with Gasteiger partial charge in [0.25, 0.3) is 0 Å². The maximum absolute atomic E-state index is 8.99. The van der Waals surface area contributed by atoms with Crippen LogP contribution < -0.4 is 5.32 Å². The minimum Gasteiger partial charge on any atom is -0.396 e. The van der Waals surface area contributed by atoms with E-state index in [0.29, 0.717) is 12.0 Å². The molecule has 0 heterocycles. The molecular weight excluding hydrogens is 230 g/mol. The number of aliphatic hydroxyl groups is 1. The van der Waals surface area contributed by atoms with E-state index in [1.54, 1.807) is 0 Å². The molecule has 1 aromatic carbocycles. The Morgan fingerprint density at radius 1 is 1.29 bits per heavy atom. The molecule has 1 unspecified atom stereocenters. The van der Waals surface area contributed by atoms with E-state index in [-0.39, 0.29) is 6.61 Å². The van der Waals surface area contributed by atoms with Crippen molar-refractivity contribution in [1.29, 1.82) is 0 Å². The van der Waals surface area contributed by atoms with E-state index in [1.165, 1.54) is 10.5 Å². The molecule has 96 valence electrons. The molecule has 1 atom stereocenters. The number of hydrogen-bond acceptors (Lipinski definition) is 3. The van der Waals surface area contributed by atoms with Gasteiger partial charge in [0.2, 0.25) is 0 Å². The van der Waals surface area contributed by atoms with Gasteiger partial charge in [-0.25, -0.2) is 0 Å². The van der Waals surface area contributed by atoms with Crippen LogP contribution in [-0.4, -0.2) is 23.5 Å². The van der Waals surface area contributed by atoms with Crippen LogP contribution in [0.15, 0.2) is 29.2 Å². The highest BCUT2D eigenvalue weighted by Gasteiger charge is 2.02. The summed E-state index contributed by atoms with van der Waals surface area (Å²) < 4.78 is 0. The van der Waals surface area contributed by atoms with Crippen molar-refractivity contribution in [2.24, 2.45) is 5.92 Å². The van der Waals surface area contributed by atoms with Crippen molar-refractivity contribution in [2.45, 2.75) is 38.3 Å². The molecule has 17 heavy (non-hydrogen) atoms. The van der Waals surface area contributed by atoms with E-state index < -0.39 is 0 Å². The Morgan fingerprint density at radius 3 is 2.71 bits per heavy atom. The van der Waals surface area contributed by atoms with Crippen molar-refractivity contribution in [3.05, 3.63) is 29.8 Å². The normalized spacial score (nSPS) is 13.0. The van der Waals surface area contributed by atoms with E-state index in [2.05, 4.69) is 50.4 Å².